The Hall–Kier alpha value is -4.31. The van der Waals surface area contributed by atoms with E-state index in [0.717, 1.165) is 11.3 Å². The standard InChI is InChI=1S/C24H25N7O6S2/c1-15(32)30-11-8-18-19(14-30)38-23(20(18)22(34)28-24(35)29(2)3)27-21(33)16-4-6-17(7-5-16)39(36,37)31(12-9-25)13-10-26/h4-7H,8,11-14H2,1-3H3,(H,27,33)(H,28,34,35). The van der Waals surface area contributed by atoms with Gasteiger partial charge < -0.3 is 15.1 Å². The van der Waals surface area contributed by atoms with Gasteiger partial charge in [-0.2, -0.15) is 14.8 Å². The zero-order valence-electron chi connectivity index (χ0n) is 21.3. The average Bonchev–Trinajstić information content (AvgIpc) is 3.25. The van der Waals surface area contributed by atoms with E-state index in [1.165, 1.54) is 50.2 Å². The molecule has 15 heteroatoms. The molecule has 5 amide bonds. The summed E-state index contributed by atoms with van der Waals surface area (Å²) >= 11 is 1.12. The molecule has 0 saturated carbocycles. The fourth-order valence-corrected chi connectivity index (χ4v) is 6.25. The molecule has 39 heavy (non-hydrogen) atoms. The molecule has 0 radical (unpaired) electrons. The van der Waals surface area contributed by atoms with Crippen molar-refractivity contribution in [3.8, 4) is 12.1 Å². The predicted molar refractivity (Wildman–Crippen MR) is 140 cm³/mol. The van der Waals surface area contributed by atoms with Gasteiger partial charge >= 0.3 is 6.03 Å². The van der Waals surface area contributed by atoms with E-state index in [4.69, 9.17) is 10.5 Å². The SMILES string of the molecule is CC(=O)N1CCc2c(sc(NC(=O)c3ccc(S(=O)(=O)N(CC#N)CC#N)cc3)c2C(=O)NC(=O)N(C)C)C1. The Kier molecular flexibility index (Phi) is 9.03. The molecule has 1 aromatic heterocycles. The summed E-state index contributed by atoms with van der Waals surface area (Å²) in [5.41, 5.74) is 0.839. The third-order valence-electron chi connectivity index (χ3n) is 5.83. The maximum atomic E-state index is 13.1. The summed E-state index contributed by atoms with van der Waals surface area (Å²) in [6.45, 7) is 1.04. The maximum absolute atomic E-state index is 13.1. The first-order chi connectivity index (χ1) is 18.4. The molecule has 0 spiro atoms. The van der Waals surface area contributed by atoms with Crippen LogP contribution in [0.15, 0.2) is 29.2 Å². The van der Waals surface area contributed by atoms with Crippen molar-refractivity contribution < 1.29 is 27.6 Å². The average molecular weight is 572 g/mol. The van der Waals surface area contributed by atoms with Crippen LogP contribution in [0, 0.1) is 22.7 Å². The van der Waals surface area contributed by atoms with Crippen LogP contribution in [0.2, 0.25) is 0 Å². The minimum atomic E-state index is -4.14. The smallest absolute Gasteiger partial charge is 0.323 e. The molecule has 2 N–H and O–H groups in total. The van der Waals surface area contributed by atoms with Gasteiger partial charge in [-0.15, -0.1) is 11.3 Å². The number of sulfonamides is 1. The summed E-state index contributed by atoms with van der Waals surface area (Å²) in [5.74, 6) is -1.47. The highest BCUT2D eigenvalue weighted by Crippen LogP contribution is 2.37. The summed E-state index contributed by atoms with van der Waals surface area (Å²) in [6.07, 6.45) is 0.356. The van der Waals surface area contributed by atoms with E-state index >= 15 is 0 Å². The van der Waals surface area contributed by atoms with Gasteiger partial charge in [0.15, 0.2) is 0 Å². The van der Waals surface area contributed by atoms with Crippen LogP contribution in [0.5, 0.6) is 0 Å². The lowest BCUT2D eigenvalue weighted by molar-refractivity contribution is -0.129. The summed E-state index contributed by atoms with van der Waals surface area (Å²) in [6, 6.07) is 7.65. The normalized spacial score (nSPS) is 12.6. The lowest BCUT2D eigenvalue weighted by Crippen LogP contribution is -2.39. The molecular formula is C24H25N7O6S2. The van der Waals surface area contributed by atoms with Gasteiger partial charge in [0, 0.05) is 38.0 Å². The number of thiophene rings is 1. The van der Waals surface area contributed by atoms with Crippen molar-refractivity contribution in [1.29, 1.82) is 10.5 Å². The molecule has 1 aromatic carbocycles. The van der Waals surface area contributed by atoms with Crippen molar-refractivity contribution in [2.45, 2.75) is 24.8 Å². The topological polar surface area (TPSA) is 184 Å². The van der Waals surface area contributed by atoms with Crippen LogP contribution in [0.25, 0.3) is 0 Å². The molecule has 13 nitrogen and oxygen atoms in total. The zero-order chi connectivity index (χ0) is 28.9. The van der Waals surface area contributed by atoms with E-state index in [-0.39, 0.29) is 33.5 Å². The molecule has 0 atom stereocenters. The van der Waals surface area contributed by atoms with Crippen molar-refractivity contribution in [1.82, 2.24) is 19.4 Å². The number of hydrogen-bond donors (Lipinski definition) is 2. The van der Waals surface area contributed by atoms with Gasteiger partial charge in [-0.3, -0.25) is 19.7 Å². The molecular weight excluding hydrogens is 546 g/mol. The molecule has 0 unspecified atom stereocenters. The molecule has 0 saturated heterocycles. The highest BCUT2D eigenvalue weighted by atomic mass is 32.2. The number of nitrogens with zero attached hydrogens (tertiary/aromatic N) is 5. The largest absolute Gasteiger partial charge is 0.337 e. The minimum absolute atomic E-state index is 0.0773. The van der Waals surface area contributed by atoms with Crippen LogP contribution < -0.4 is 10.6 Å². The predicted octanol–water partition coefficient (Wildman–Crippen LogP) is 1.35. The van der Waals surface area contributed by atoms with Gasteiger partial charge in [-0.25, -0.2) is 13.2 Å². The number of hydrogen-bond acceptors (Lipinski definition) is 9. The summed E-state index contributed by atoms with van der Waals surface area (Å²) in [5, 5.41) is 22.9. The number of nitriles is 2. The van der Waals surface area contributed by atoms with E-state index in [9.17, 15) is 27.6 Å². The Morgan fingerprint density at radius 3 is 2.21 bits per heavy atom. The molecule has 0 aliphatic carbocycles. The van der Waals surface area contributed by atoms with E-state index in [2.05, 4.69) is 10.6 Å². The lowest BCUT2D eigenvalue weighted by Gasteiger charge is -2.26. The number of carbonyl (C=O) groups is 4. The van der Waals surface area contributed by atoms with Crippen molar-refractivity contribution in [3.63, 3.8) is 0 Å². The quantitative estimate of drug-likeness (QED) is 0.467. The first kappa shape index (κ1) is 29.2. The van der Waals surface area contributed by atoms with Gasteiger partial charge in [-0.1, -0.05) is 0 Å². The third-order valence-corrected chi connectivity index (χ3v) is 8.77. The molecule has 2 heterocycles. The van der Waals surface area contributed by atoms with Crippen LogP contribution in [0.4, 0.5) is 9.80 Å². The summed E-state index contributed by atoms with van der Waals surface area (Å²) in [4.78, 5) is 53.5. The zero-order valence-corrected chi connectivity index (χ0v) is 23.0. The fourth-order valence-electron chi connectivity index (χ4n) is 3.76. The highest BCUT2D eigenvalue weighted by Gasteiger charge is 2.31. The van der Waals surface area contributed by atoms with Crippen molar-refractivity contribution in [3.05, 3.63) is 45.8 Å². The first-order valence-corrected chi connectivity index (χ1v) is 13.7. The molecule has 2 aromatic rings. The summed E-state index contributed by atoms with van der Waals surface area (Å²) in [7, 11) is -1.19. The van der Waals surface area contributed by atoms with E-state index in [1.807, 2.05) is 0 Å². The Morgan fingerprint density at radius 1 is 1.05 bits per heavy atom. The number of carbonyl (C=O) groups excluding carboxylic acids is 4. The number of urea groups is 1. The van der Waals surface area contributed by atoms with Crippen LogP contribution in [-0.2, 0) is 27.8 Å². The fraction of sp³-hybridized carbons (Fsp3) is 0.333. The Morgan fingerprint density at radius 2 is 1.67 bits per heavy atom. The molecule has 1 aliphatic rings. The van der Waals surface area contributed by atoms with Crippen LogP contribution in [0.1, 0.15) is 38.1 Å². The van der Waals surface area contributed by atoms with E-state index in [0.29, 0.717) is 27.7 Å². The molecule has 1 aliphatic heterocycles. The number of imide groups is 1. The van der Waals surface area contributed by atoms with Gasteiger partial charge in [0.05, 0.1) is 29.1 Å². The van der Waals surface area contributed by atoms with Gasteiger partial charge in [0.25, 0.3) is 11.8 Å². The van der Waals surface area contributed by atoms with Gasteiger partial charge in [-0.05, 0) is 36.2 Å². The molecule has 3 rings (SSSR count). The third kappa shape index (κ3) is 6.40. The Balaban J connectivity index is 1.91. The second kappa shape index (κ2) is 12.0. The van der Waals surface area contributed by atoms with Crippen LogP contribution >= 0.6 is 11.3 Å². The van der Waals surface area contributed by atoms with Crippen molar-refractivity contribution in [2.75, 3.05) is 39.0 Å². The first-order valence-electron chi connectivity index (χ1n) is 11.5. The number of rotatable bonds is 7. The van der Waals surface area contributed by atoms with E-state index in [1.54, 1.807) is 17.0 Å². The lowest BCUT2D eigenvalue weighted by atomic mass is 10.0. The molecule has 0 bridgehead atoms. The van der Waals surface area contributed by atoms with Crippen LogP contribution in [0.3, 0.4) is 0 Å². The van der Waals surface area contributed by atoms with Crippen LogP contribution in [-0.4, -0.2) is 80.0 Å². The van der Waals surface area contributed by atoms with Crippen molar-refractivity contribution in [2.24, 2.45) is 0 Å². The maximum Gasteiger partial charge on any atom is 0.323 e. The number of anilines is 1. The number of nitrogens with one attached hydrogen (secondary N) is 2. The molecule has 0 fully saturated rings. The second-order valence-corrected chi connectivity index (χ2v) is 11.7. The van der Waals surface area contributed by atoms with Gasteiger partial charge in [0.2, 0.25) is 15.9 Å². The summed E-state index contributed by atoms with van der Waals surface area (Å²) < 4.78 is 26.2. The Labute approximate surface area is 229 Å². The Bertz CT molecular complexity index is 1480. The van der Waals surface area contributed by atoms with E-state index < -0.39 is 41.0 Å². The molecule has 204 valence electrons. The highest BCUT2D eigenvalue weighted by molar-refractivity contribution is 7.89. The number of amides is 5. The minimum Gasteiger partial charge on any atom is -0.337 e. The number of fused-ring (bicyclic) bond motifs is 1. The van der Waals surface area contributed by atoms with Crippen molar-refractivity contribution >= 4 is 50.1 Å². The van der Waals surface area contributed by atoms with Gasteiger partial charge in [0.1, 0.15) is 18.1 Å². The monoisotopic (exact) mass is 571 g/mol. The second-order valence-electron chi connectivity index (χ2n) is 8.62. The number of benzene rings is 1.